The average molecular weight is 138 g/mol. The maximum atomic E-state index is 10.6. The van der Waals surface area contributed by atoms with Gasteiger partial charge in [-0.15, -0.1) is 0 Å². The van der Waals surface area contributed by atoms with E-state index in [9.17, 15) is 4.79 Å². The van der Waals surface area contributed by atoms with Crippen molar-refractivity contribution in [3.63, 3.8) is 0 Å². The lowest BCUT2D eigenvalue weighted by atomic mass is 10.1. The van der Waals surface area contributed by atoms with Crippen molar-refractivity contribution in [2.75, 3.05) is 0 Å². The molecule has 0 aromatic heterocycles. The van der Waals surface area contributed by atoms with Crippen molar-refractivity contribution < 1.29 is 4.79 Å². The van der Waals surface area contributed by atoms with Crippen LogP contribution in [0.4, 0.5) is 0 Å². The predicted molar refractivity (Wildman–Crippen MR) is 43.9 cm³/mol. The van der Waals surface area contributed by atoms with E-state index in [1.54, 1.807) is 13.0 Å². The third-order valence-corrected chi connectivity index (χ3v) is 1.18. The average Bonchev–Trinajstić information content (AvgIpc) is 1.86. The number of ketones is 1. The van der Waals surface area contributed by atoms with Crippen molar-refractivity contribution >= 4 is 5.78 Å². The van der Waals surface area contributed by atoms with Gasteiger partial charge in [-0.2, -0.15) is 0 Å². The summed E-state index contributed by atoms with van der Waals surface area (Å²) >= 11 is 0. The molecule has 0 aliphatic rings. The topological polar surface area (TPSA) is 17.1 Å². The normalized spacial score (nSPS) is 12.5. The van der Waals surface area contributed by atoms with Crippen molar-refractivity contribution in [1.82, 2.24) is 0 Å². The fraction of sp³-hybridized carbons (Fsp3) is 0.444. The molecule has 0 rings (SSSR count). The van der Waals surface area contributed by atoms with Gasteiger partial charge in [0.2, 0.25) is 0 Å². The fourth-order valence-corrected chi connectivity index (χ4v) is 0.743. The first kappa shape index (κ1) is 9.15. The first-order valence-electron chi connectivity index (χ1n) is 3.54. The van der Waals surface area contributed by atoms with Crippen LogP contribution in [-0.4, -0.2) is 5.78 Å². The zero-order valence-electron chi connectivity index (χ0n) is 6.85. The summed E-state index contributed by atoms with van der Waals surface area (Å²) in [6.07, 6.45) is 6.49. The molecule has 0 radical (unpaired) electrons. The molecule has 56 valence electrons. The molecule has 1 heteroatoms. The Hall–Kier alpha value is -0.850. The molecule has 0 atom stereocenters. The molecule has 1 nitrogen and oxygen atoms in total. The minimum Gasteiger partial charge on any atom is -0.295 e. The highest BCUT2D eigenvalue weighted by atomic mass is 16.1. The molecule has 0 aromatic rings. The number of allylic oxidation sites excluding steroid dienone is 4. The Kier molecular flexibility index (Phi) is 4.55. The summed E-state index contributed by atoms with van der Waals surface area (Å²) < 4.78 is 0. The molecular weight excluding hydrogens is 124 g/mol. The molecule has 0 saturated carbocycles. The molecule has 10 heavy (non-hydrogen) atoms. The van der Waals surface area contributed by atoms with Gasteiger partial charge in [-0.05, 0) is 31.9 Å². The number of carbonyl (C=O) groups is 1. The van der Waals surface area contributed by atoms with Gasteiger partial charge in [0.25, 0.3) is 0 Å². The minimum atomic E-state index is 0.120. The smallest absolute Gasteiger partial charge is 0.152 e. The van der Waals surface area contributed by atoms with E-state index in [-0.39, 0.29) is 5.78 Å². The number of hydrogen-bond acceptors (Lipinski definition) is 1. The van der Waals surface area contributed by atoms with Gasteiger partial charge in [-0.1, -0.05) is 19.1 Å². The maximum absolute atomic E-state index is 10.6. The van der Waals surface area contributed by atoms with Crippen LogP contribution in [0.1, 0.15) is 27.2 Å². The molecule has 0 spiro atoms. The van der Waals surface area contributed by atoms with Crippen LogP contribution in [0.25, 0.3) is 0 Å². The number of hydrogen-bond donors (Lipinski definition) is 0. The fourth-order valence-electron chi connectivity index (χ4n) is 0.743. The minimum absolute atomic E-state index is 0.120. The molecule has 0 aromatic carbocycles. The van der Waals surface area contributed by atoms with Crippen LogP contribution >= 0.6 is 0 Å². The van der Waals surface area contributed by atoms with Crippen LogP contribution < -0.4 is 0 Å². The SMILES string of the molecule is C/C=C/C(=C\C(C)=O)CC. The van der Waals surface area contributed by atoms with Crippen LogP contribution in [0.3, 0.4) is 0 Å². The summed E-state index contributed by atoms with van der Waals surface area (Å²) in [5, 5.41) is 0. The van der Waals surface area contributed by atoms with Crippen molar-refractivity contribution in [3.8, 4) is 0 Å². The first-order chi connectivity index (χ1) is 4.70. The summed E-state index contributed by atoms with van der Waals surface area (Å²) in [7, 11) is 0. The highest BCUT2D eigenvalue weighted by Gasteiger charge is 1.88. The molecule has 0 aliphatic heterocycles. The highest BCUT2D eigenvalue weighted by molar-refractivity contribution is 5.88. The Morgan fingerprint density at radius 3 is 2.40 bits per heavy atom. The van der Waals surface area contributed by atoms with Crippen LogP contribution in [-0.2, 0) is 4.79 Å². The van der Waals surface area contributed by atoms with E-state index in [0.717, 1.165) is 12.0 Å². The van der Waals surface area contributed by atoms with E-state index >= 15 is 0 Å². The predicted octanol–water partition coefficient (Wildman–Crippen LogP) is 2.49. The molecule has 0 amide bonds. The van der Waals surface area contributed by atoms with E-state index in [2.05, 4.69) is 0 Å². The molecule has 0 bridgehead atoms. The van der Waals surface area contributed by atoms with Crippen LogP contribution in [0, 0.1) is 0 Å². The maximum Gasteiger partial charge on any atom is 0.152 e. The van der Waals surface area contributed by atoms with Crippen LogP contribution in [0.15, 0.2) is 23.8 Å². The van der Waals surface area contributed by atoms with Gasteiger partial charge in [0.15, 0.2) is 5.78 Å². The Labute approximate surface area is 62.4 Å². The van der Waals surface area contributed by atoms with Crippen LogP contribution in [0.2, 0.25) is 0 Å². The van der Waals surface area contributed by atoms with E-state index in [0.29, 0.717) is 0 Å². The highest BCUT2D eigenvalue weighted by Crippen LogP contribution is 2.01. The Bertz CT molecular complexity index is 164. The molecule has 0 N–H and O–H groups in total. The second-order valence-electron chi connectivity index (χ2n) is 2.18. The zero-order valence-corrected chi connectivity index (χ0v) is 6.85. The van der Waals surface area contributed by atoms with E-state index < -0.39 is 0 Å². The summed E-state index contributed by atoms with van der Waals surface area (Å²) in [6.45, 7) is 5.55. The third-order valence-electron chi connectivity index (χ3n) is 1.18. The first-order valence-corrected chi connectivity index (χ1v) is 3.54. The van der Waals surface area contributed by atoms with Gasteiger partial charge >= 0.3 is 0 Å². The van der Waals surface area contributed by atoms with Crippen molar-refractivity contribution in [3.05, 3.63) is 23.8 Å². The summed E-state index contributed by atoms with van der Waals surface area (Å²) in [4.78, 5) is 10.6. The lowest BCUT2D eigenvalue weighted by Crippen LogP contribution is -1.84. The van der Waals surface area contributed by atoms with Gasteiger partial charge in [0.05, 0.1) is 0 Å². The summed E-state index contributed by atoms with van der Waals surface area (Å²) in [6, 6.07) is 0. The Morgan fingerprint density at radius 2 is 2.10 bits per heavy atom. The molecular formula is C9H14O. The summed E-state index contributed by atoms with van der Waals surface area (Å²) in [5.41, 5.74) is 1.09. The van der Waals surface area contributed by atoms with E-state index in [4.69, 9.17) is 0 Å². The van der Waals surface area contributed by atoms with E-state index in [1.807, 2.05) is 26.0 Å². The van der Waals surface area contributed by atoms with Crippen molar-refractivity contribution in [2.45, 2.75) is 27.2 Å². The van der Waals surface area contributed by atoms with Gasteiger partial charge in [-0.3, -0.25) is 4.79 Å². The van der Waals surface area contributed by atoms with Gasteiger partial charge in [-0.25, -0.2) is 0 Å². The molecule has 0 heterocycles. The van der Waals surface area contributed by atoms with Gasteiger partial charge in [0, 0.05) is 0 Å². The van der Waals surface area contributed by atoms with Gasteiger partial charge in [0.1, 0.15) is 0 Å². The monoisotopic (exact) mass is 138 g/mol. The van der Waals surface area contributed by atoms with Crippen molar-refractivity contribution in [1.29, 1.82) is 0 Å². The zero-order chi connectivity index (χ0) is 7.98. The molecule has 0 fully saturated rings. The largest absolute Gasteiger partial charge is 0.295 e. The Morgan fingerprint density at radius 1 is 1.50 bits per heavy atom. The summed E-state index contributed by atoms with van der Waals surface area (Å²) in [5.74, 6) is 0.120. The molecule has 0 unspecified atom stereocenters. The molecule has 0 saturated heterocycles. The van der Waals surface area contributed by atoms with E-state index in [1.165, 1.54) is 0 Å². The van der Waals surface area contributed by atoms with Crippen LogP contribution in [0.5, 0.6) is 0 Å². The third kappa shape index (κ3) is 4.07. The lowest BCUT2D eigenvalue weighted by Gasteiger charge is -1.92. The lowest BCUT2D eigenvalue weighted by molar-refractivity contribution is -0.112. The van der Waals surface area contributed by atoms with Gasteiger partial charge < -0.3 is 0 Å². The molecule has 0 aliphatic carbocycles. The second kappa shape index (κ2) is 4.98. The quantitative estimate of drug-likeness (QED) is 0.432. The standard InChI is InChI=1S/C9H14O/c1-4-6-9(5-2)7-8(3)10/h4,6-7H,5H2,1-3H3/b6-4+,9-7-. The number of carbonyl (C=O) groups excluding carboxylic acids is 1. The second-order valence-corrected chi connectivity index (χ2v) is 2.18. The number of rotatable bonds is 3. The Balaban J connectivity index is 4.18. The van der Waals surface area contributed by atoms with Crippen molar-refractivity contribution in [2.24, 2.45) is 0 Å².